The van der Waals surface area contributed by atoms with E-state index in [1.807, 2.05) is 19.1 Å². The normalized spacial score (nSPS) is 23.9. The van der Waals surface area contributed by atoms with Crippen LogP contribution in [0, 0.1) is 5.92 Å². The van der Waals surface area contributed by atoms with Gasteiger partial charge in [-0.25, -0.2) is 0 Å². The molecule has 0 aliphatic carbocycles. The van der Waals surface area contributed by atoms with Crippen LogP contribution in [0.3, 0.4) is 0 Å². The zero-order chi connectivity index (χ0) is 11.8. The third-order valence-electron chi connectivity index (χ3n) is 2.62. The summed E-state index contributed by atoms with van der Waals surface area (Å²) in [6.07, 6.45) is 1.72. The van der Waals surface area contributed by atoms with E-state index >= 15 is 0 Å². The van der Waals surface area contributed by atoms with Gasteiger partial charge in [-0.2, -0.15) is 13.1 Å². The fourth-order valence-corrected chi connectivity index (χ4v) is 2.79. The summed E-state index contributed by atoms with van der Waals surface area (Å²) in [5.41, 5.74) is 0.838. The highest BCUT2D eigenvalue weighted by Crippen LogP contribution is 2.35. The fraction of sp³-hybridized carbons (Fsp3) is 0.273. The largest absolute Gasteiger partial charge is 0.383 e. The van der Waals surface area contributed by atoms with E-state index in [2.05, 4.69) is 11.3 Å². The highest BCUT2D eigenvalue weighted by atomic mass is 32.2. The van der Waals surface area contributed by atoms with Crippen LogP contribution in [-0.4, -0.2) is 8.42 Å². The first-order chi connectivity index (χ1) is 7.53. The van der Waals surface area contributed by atoms with Gasteiger partial charge in [0.25, 0.3) is 0 Å². The number of fused-ring (bicyclic) bond motifs is 1. The lowest BCUT2D eigenvalue weighted by Gasteiger charge is -2.28. The molecule has 1 N–H and O–H groups in total. The van der Waals surface area contributed by atoms with E-state index in [0.29, 0.717) is 5.75 Å². The van der Waals surface area contributed by atoms with Crippen molar-refractivity contribution >= 4 is 10.3 Å². The Balaban J connectivity index is 2.51. The zero-order valence-electron chi connectivity index (χ0n) is 8.88. The lowest BCUT2D eigenvalue weighted by molar-refractivity contribution is 0.401. The van der Waals surface area contributed by atoms with Crippen LogP contribution >= 0.6 is 0 Å². The Labute approximate surface area is 95.2 Å². The quantitative estimate of drug-likeness (QED) is 0.800. The molecule has 0 saturated carbocycles. The van der Waals surface area contributed by atoms with Crippen molar-refractivity contribution in [2.24, 2.45) is 5.92 Å². The predicted molar refractivity (Wildman–Crippen MR) is 61.2 cm³/mol. The molecule has 2 atom stereocenters. The molecule has 1 aliphatic heterocycles. The minimum atomic E-state index is -3.70. The smallest absolute Gasteiger partial charge is 0.371 e. The first-order valence-electron chi connectivity index (χ1n) is 4.97. The number of para-hydroxylation sites is 1. The Morgan fingerprint density at radius 3 is 2.88 bits per heavy atom. The van der Waals surface area contributed by atoms with Crippen LogP contribution in [0.5, 0.6) is 5.75 Å². The molecule has 16 heavy (non-hydrogen) atoms. The maximum atomic E-state index is 11.5. The van der Waals surface area contributed by atoms with Crippen LogP contribution in [0.25, 0.3) is 0 Å². The summed E-state index contributed by atoms with van der Waals surface area (Å²) in [5.74, 6) is 0.389. The topological polar surface area (TPSA) is 55.4 Å². The molecule has 1 heterocycles. The molecular formula is C11H13NO3S. The molecule has 1 aliphatic rings. The van der Waals surface area contributed by atoms with Crippen molar-refractivity contribution in [3.05, 3.63) is 42.5 Å². The summed E-state index contributed by atoms with van der Waals surface area (Å²) in [5, 5.41) is 0. The van der Waals surface area contributed by atoms with E-state index < -0.39 is 10.3 Å². The fourth-order valence-electron chi connectivity index (χ4n) is 1.70. The number of rotatable bonds is 2. The number of benzene rings is 1. The van der Waals surface area contributed by atoms with Crippen LogP contribution in [0.1, 0.15) is 18.5 Å². The molecular weight excluding hydrogens is 226 g/mol. The van der Waals surface area contributed by atoms with Crippen molar-refractivity contribution in [2.75, 3.05) is 0 Å². The molecule has 0 unspecified atom stereocenters. The van der Waals surface area contributed by atoms with Crippen molar-refractivity contribution in [3.63, 3.8) is 0 Å². The van der Waals surface area contributed by atoms with E-state index in [-0.39, 0.29) is 12.0 Å². The molecule has 0 bridgehead atoms. The summed E-state index contributed by atoms with van der Waals surface area (Å²) >= 11 is 0. The molecule has 0 saturated heterocycles. The van der Waals surface area contributed by atoms with Crippen LogP contribution in [-0.2, 0) is 10.3 Å². The molecule has 0 amide bonds. The second kappa shape index (κ2) is 3.92. The van der Waals surface area contributed by atoms with Crippen molar-refractivity contribution in [2.45, 2.75) is 13.0 Å². The molecule has 0 spiro atoms. The maximum Gasteiger partial charge on any atom is 0.383 e. The van der Waals surface area contributed by atoms with E-state index in [4.69, 9.17) is 4.18 Å². The molecule has 0 aromatic heterocycles. The predicted octanol–water partition coefficient (Wildman–Crippen LogP) is 1.78. The van der Waals surface area contributed by atoms with Crippen molar-refractivity contribution < 1.29 is 12.6 Å². The van der Waals surface area contributed by atoms with Crippen molar-refractivity contribution in [1.82, 2.24) is 4.72 Å². The van der Waals surface area contributed by atoms with Gasteiger partial charge < -0.3 is 4.18 Å². The van der Waals surface area contributed by atoms with Gasteiger partial charge in [-0.15, -0.1) is 6.58 Å². The summed E-state index contributed by atoms with van der Waals surface area (Å²) < 4.78 is 30.3. The maximum absolute atomic E-state index is 11.5. The Morgan fingerprint density at radius 2 is 2.19 bits per heavy atom. The molecule has 0 fully saturated rings. The monoisotopic (exact) mass is 239 g/mol. The molecule has 1 aromatic rings. The molecule has 1 aromatic carbocycles. The minimum Gasteiger partial charge on any atom is -0.371 e. The number of nitrogens with one attached hydrogen (secondary N) is 1. The van der Waals surface area contributed by atoms with Gasteiger partial charge in [-0.1, -0.05) is 31.2 Å². The Morgan fingerprint density at radius 1 is 1.50 bits per heavy atom. The Bertz CT molecular complexity index is 510. The van der Waals surface area contributed by atoms with Gasteiger partial charge in [0.2, 0.25) is 0 Å². The van der Waals surface area contributed by atoms with Gasteiger partial charge in [0, 0.05) is 5.56 Å². The average Bonchev–Trinajstić information content (AvgIpc) is 2.25. The molecule has 86 valence electrons. The average molecular weight is 239 g/mol. The van der Waals surface area contributed by atoms with Crippen LogP contribution in [0.2, 0.25) is 0 Å². The Hall–Kier alpha value is -1.33. The van der Waals surface area contributed by atoms with Gasteiger partial charge in [-0.05, 0) is 12.0 Å². The van der Waals surface area contributed by atoms with Gasteiger partial charge in [0.1, 0.15) is 5.75 Å². The highest BCUT2D eigenvalue weighted by Gasteiger charge is 2.32. The zero-order valence-corrected chi connectivity index (χ0v) is 9.70. The second-order valence-electron chi connectivity index (χ2n) is 3.77. The third kappa shape index (κ3) is 1.96. The second-order valence-corrected chi connectivity index (χ2v) is 5.08. The standard InChI is InChI=1S/C11H13NO3S/c1-3-8(2)11-9-6-4-5-7-10(9)15-16(13,14)12-11/h3-8,11-12H,1H2,2H3/t8-,11-/m1/s1. The lowest BCUT2D eigenvalue weighted by Crippen LogP contribution is -2.39. The van der Waals surface area contributed by atoms with Crippen LogP contribution in [0.4, 0.5) is 0 Å². The first-order valence-corrected chi connectivity index (χ1v) is 6.37. The summed E-state index contributed by atoms with van der Waals surface area (Å²) in [4.78, 5) is 0. The van der Waals surface area contributed by atoms with Crippen molar-refractivity contribution in [3.8, 4) is 5.75 Å². The molecule has 4 nitrogen and oxygen atoms in total. The molecule has 0 radical (unpaired) electrons. The Kier molecular flexibility index (Phi) is 2.73. The summed E-state index contributed by atoms with van der Waals surface area (Å²) in [6.45, 7) is 5.59. The summed E-state index contributed by atoms with van der Waals surface area (Å²) in [7, 11) is -3.70. The molecule has 2 rings (SSSR count). The van der Waals surface area contributed by atoms with E-state index in [1.165, 1.54) is 0 Å². The van der Waals surface area contributed by atoms with E-state index in [1.54, 1.807) is 18.2 Å². The third-order valence-corrected chi connectivity index (χ3v) is 3.56. The van der Waals surface area contributed by atoms with Gasteiger partial charge in [0.15, 0.2) is 0 Å². The van der Waals surface area contributed by atoms with Gasteiger partial charge in [0.05, 0.1) is 6.04 Å². The number of hydrogen-bond acceptors (Lipinski definition) is 3. The van der Waals surface area contributed by atoms with Gasteiger partial charge in [-0.3, -0.25) is 0 Å². The minimum absolute atomic E-state index is 0.000162. The lowest BCUT2D eigenvalue weighted by atomic mass is 9.95. The highest BCUT2D eigenvalue weighted by molar-refractivity contribution is 7.85. The van der Waals surface area contributed by atoms with Gasteiger partial charge >= 0.3 is 10.3 Å². The van der Waals surface area contributed by atoms with Crippen LogP contribution < -0.4 is 8.91 Å². The first kappa shape index (κ1) is 11.2. The van der Waals surface area contributed by atoms with Crippen molar-refractivity contribution in [1.29, 1.82) is 0 Å². The SMILES string of the molecule is C=C[C@@H](C)[C@H]1NS(=O)(=O)Oc2ccccc21. The number of hydrogen-bond donors (Lipinski definition) is 1. The van der Waals surface area contributed by atoms with E-state index in [9.17, 15) is 8.42 Å². The van der Waals surface area contributed by atoms with Crippen LogP contribution in [0.15, 0.2) is 36.9 Å². The summed E-state index contributed by atoms with van der Waals surface area (Å²) in [6, 6.07) is 6.78. The van der Waals surface area contributed by atoms with E-state index in [0.717, 1.165) is 5.56 Å². The molecule has 5 heteroatoms.